The first-order chi connectivity index (χ1) is 10.6. The standard InChI is InChI=1S/C17H26N2O3/c1-17(8-10-18-11-9-17)13-19-16(20)7-12-22-15-5-3-14(21-2)4-6-15/h3-6,18H,7-13H2,1-2H3,(H,19,20). The molecule has 5 heteroatoms. The third kappa shape index (κ3) is 5.22. The van der Waals surface area contributed by atoms with E-state index in [4.69, 9.17) is 9.47 Å². The first-order valence-corrected chi connectivity index (χ1v) is 7.86. The number of methoxy groups -OCH3 is 1. The molecule has 1 aliphatic rings. The van der Waals surface area contributed by atoms with Gasteiger partial charge in [-0.1, -0.05) is 6.92 Å². The molecule has 0 radical (unpaired) electrons. The normalized spacial score (nSPS) is 16.8. The monoisotopic (exact) mass is 306 g/mol. The van der Waals surface area contributed by atoms with Gasteiger partial charge in [-0.25, -0.2) is 0 Å². The summed E-state index contributed by atoms with van der Waals surface area (Å²) in [6.07, 6.45) is 2.59. The molecule has 0 bridgehead atoms. The van der Waals surface area contributed by atoms with Gasteiger partial charge in [0.1, 0.15) is 11.5 Å². The van der Waals surface area contributed by atoms with Gasteiger partial charge in [0.15, 0.2) is 0 Å². The van der Waals surface area contributed by atoms with E-state index >= 15 is 0 Å². The van der Waals surface area contributed by atoms with Crippen LogP contribution in [0.2, 0.25) is 0 Å². The summed E-state index contributed by atoms with van der Waals surface area (Å²) < 4.78 is 10.7. The molecule has 0 aliphatic carbocycles. The van der Waals surface area contributed by atoms with Crippen molar-refractivity contribution in [3.05, 3.63) is 24.3 Å². The predicted molar refractivity (Wildman–Crippen MR) is 86.3 cm³/mol. The van der Waals surface area contributed by atoms with Gasteiger partial charge in [0.2, 0.25) is 5.91 Å². The second kappa shape index (κ2) is 8.03. The van der Waals surface area contributed by atoms with Crippen molar-refractivity contribution >= 4 is 5.91 Å². The van der Waals surface area contributed by atoms with E-state index in [0.29, 0.717) is 13.0 Å². The van der Waals surface area contributed by atoms with Crippen LogP contribution in [0.4, 0.5) is 0 Å². The molecule has 5 nitrogen and oxygen atoms in total. The number of carbonyl (C=O) groups excluding carboxylic acids is 1. The minimum atomic E-state index is 0.0493. The van der Waals surface area contributed by atoms with Gasteiger partial charge in [-0.2, -0.15) is 0 Å². The minimum Gasteiger partial charge on any atom is -0.497 e. The number of piperidine rings is 1. The van der Waals surface area contributed by atoms with E-state index in [1.54, 1.807) is 7.11 Å². The number of benzene rings is 1. The Kier molecular flexibility index (Phi) is 6.07. The molecule has 0 atom stereocenters. The molecule has 1 saturated heterocycles. The van der Waals surface area contributed by atoms with Crippen molar-refractivity contribution in [2.24, 2.45) is 5.41 Å². The molecule has 0 aromatic heterocycles. The van der Waals surface area contributed by atoms with Crippen LogP contribution in [0.5, 0.6) is 11.5 Å². The number of amides is 1. The fourth-order valence-electron chi connectivity index (χ4n) is 2.54. The second-order valence-electron chi connectivity index (χ2n) is 6.11. The van der Waals surface area contributed by atoms with Gasteiger partial charge in [0.25, 0.3) is 0 Å². The Morgan fingerprint density at radius 2 is 1.86 bits per heavy atom. The Morgan fingerprint density at radius 3 is 2.50 bits per heavy atom. The number of hydrogen-bond acceptors (Lipinski definition) is 4. The highest BCUT2D eigenvalue weighted by atomic mass is 16.5. The van der Waals surface area contributed by atoms with Crippen LogP contribution in [0.25, 0.3) is 0 Å². The fraction of sp³-hybridized carbons (Fsp3) is 0.588. The van der Waals surface area contributed by atoms with E-state index in [0.717, 1.165) is 44.0 Å². The molecule has 2 rings (SSSR count). The maximum Gasteiger partial charge on any atom is 0.223 e. The number of rotatable bonds is 7. The van der Waals surface area contributed by atoms with Gasteiger partial charge in [-0.15, -0.1) is 0 Å². The smallest absolute Gasteiger partial charge is 0.223 e. The summed E-state index contributed by atoms with van der Waals surface area (Å²) >= 11 is 0. The van der Waals surface area contributed by atoms with E-state index in [1.165, 1.54) is 0 Å². The van der Waals surface area contributed by atoms with E-state index < -0.39 is 0 Å². The van der Waals surface area contributed by atoms with Crippen molar-refractivity contribution in [3.63, 3.8) is 0 Å². The lowest BCUT2D eigenvalue weighted by molar-refractivity contribution is -0.122. The Morgan fingerprint density at radius 1 is 1.23 bits per heavy atom. The second-order valence-corrected chi connectivity index (χ2v) is 6.11. The fourth-order valence-corrected chi connectivity index (χ4v) is 2.54. The number of hydrogen-bond donors (Lipinski definition) is 2. The zero-order chi connectivity index (χ0) is 15.8. The minimum absolute atomic E-state index is 0.0493. The van der Waals surface area contributed by atoms with E-state index in [-0.39, 0.29) is 11.3 Å². The van der Waals surface area contributed by atoms with Crippen molar-refractivity contribution in [2.75, 3.05) is 33.4 Å². The van der Waals surface area contributed by atoms with Crippen LogP contribution < -0.4 is 20.1 Å². The molecule has 0 saturated carbocycles. The van der Waals surface area contributed by atoms with Crippen LogP contribution in [0.3, 0.4) is 0 Å². The zero-order valence-corrected chi connectivity index (χ0v) is 13.5. The van der Waals surface area contributed by atoms with Crippen molar-refractivity contribution < 1.29 is 14.3 Å². The van der Waals surface area contributed by atoms with Gasteiger partial charge in [-0.3, -0.25) is 4.79 Å². The first-order valence-electron chi connectivity index (χ1n) is 7.86. The Hall–Kier alpha value is -1.75. The van der Waals surface area contributed by atoms with Crippen molar-refractivity contribution in [1.29, 1.82) is 0 Å². The summed E-state index contributed by atoms with van der Waals surface area (Å²) in [5, 5.41) is 6.38. The molecule has 1 heterocycles. The van der Waals surface area contributed by atoms with Crippen LogP contribution in [0, 0.1) is 5.41 Å². The molecule has 0 spiro atoms. The largest absolute Gasteiger partial charge is 0.497 e. The quantitative estimate of drug-likeness (QED) is 0.808. The Labute approximate surface area is 132 Å². The number of nitrogens with one attached hydrogen (secondary N) is 2. The third-order valence-electron chi connectivity index (χ3n) is 4.18. The Balaban J connectivity index is 1.64. The third-order valence-corrected chi connectivity index (χ3v) is 4.18. The lowest BCUT2D eigenvalue weighted by atomic mass is 9.81. The highest BCUT2D eigenvalue weighted by molar-refractivity contribution is 5.76. The maximum absolute atomic E-state index is 11.9. The molecular weight excluding hydrogens is 280 g/mol. The highest BCUT2D eigenvalue weighted by Crippen LogP contribution is 2.26. The summed E-state index contributed by atoms with van der Waals surface area (Å²) in [6.45, 7) is 5.44. The molecule has 1 aromatic rings. The topological polar surface area (TPSA) is 59.6 Å². The van der Waals surface area contributed by atoms with Crippen molar-refractivity contribution in [1.82, 2.24) is 10.6 Å². The van der Waals surface area contributed by atoms with Gasteiger partial charge in [0, 0.05) is 6.54 Å². The number of carbonyl (C=O) groups is 1. The molecule has 1 aliphatic heterocycles. The first kappa shape index (κ1) is 16.6. The average molecular weight is 306 g/mol. The molecule has 1 aromatic carbocycles. The van der Waals surface area contributed by atoms with E-state index in [9.17, 15) is 4.79 Å². The van der Waals surface area contributed by atoms with Crippen LogP contribution in [0.15, 0.2) is 24.3 Å². The van der Waals surface area contributed by atoms with Crippen molar-refractivity contribution in [2.45, 2.75) is 26.2 Å². The molecule has 2 N–H and O–H groups in total. The maximum atomic E-state index is 11.9. The van der Waals surface area contributed by atoms with Crippen LogP contribution in [0.1, 0.15) is 26.2 Å². The number of ether oxygens (including phenoxy) is 2. The summed E-state index contributed by atoms with van der Waals surface area (Å²) in [6, 6.07) is 7.36. The molecule has 22 heavy (non-hydrogen) atoms. The van der Waals surface area contributed by atoms with Crippen LogP contribution >= 0.6 is 0 Å². The molecule has 122 valence electrons. The van der Waals surface area contributed by atoms with Crippen molar-refractivity contribution in [3.8, 4) is 11.5 Å². The lowest BCUT2D eigenvalue weighted by Gasteiger charge is -2.34. The van der Waals surface area contributed by atoms with E-state index in [2.05, 4.69) is 17.6 Å². The highest BCUT2D eigenvalue weighted by Gasteiger charge is 2.26. The summed E-state index contributed by atoms with van der Waals surface area (Å²) in [7, 11) is 1.63. The van der Waals surface area contributed by atoms with Gasteiger partial charge in [-0.05, 0) is 55.6 Å². The van der Waals surface area contributed by atoms with E-state index in [1.807, 2.05) is 24.3 Å². The summed E-state index contributed by atoms with van der Waals surface area (Å²) in [5.74, 6) is 1.59. The van der Waals surface area contributed by atoms with Gasteiger partial charge in [0.05, 0.1) is 20.1 Å². The SMILES string of the molecule is COc1ccc(OCCC(=O)NCC2(C)CCNCC2)cc1. The molecular formula is C17H26N2O3. The van der Waals surface area contributed by atoms with Crippen LogP contribution in [-0.4, -0.2) is 39.3 Å². The lowest BCUT2D eigenvalue weighted by Crippen LogP contribution is -2.43. The summed E-state index contributed by atoms with van der Waals surface area (Å²) in [4.78, 5) is 11.9. The van der Waals surface area contributed by atoms with Gasteiger partial charge >= 0.3 is 0 Å². The predicted octanol–water partition coefficient (Wildman–Crippen LogP) is 1.97. The van der Waals surface area contributed by atoms with Crippen LogP contribution in [-0.2, 0) is 4.79 Å². The molecule has 1 fully saturated rings. The zero-order valence-electron chi connectivity index (χ0n) is 13.5. The van der Waals surface area contributed by atoms with Gasteiger partial charge < -0.3 is 20.1 Å². The summed E-state index contributed by atoms with van der Waals surface area (Å²) in [5.41, 5.74) is 0.220. The molecule has 1 amide bonds. The Bertz CT molecular complexity index is 467. The molecule has 0 unspecified atom stereocenters. The average Bonchev–Trinajstić information content (AvgIpc) is 2.54.